The van der Waals surface area contributed by atoms with Gasteiger partial charge in [0.05, 0.1) is 12.7 Å². The van der Waals surface area contributed by atoms with Crippen molar-refractivity contribution in [3.05, 3.63) is 17.8 Å². The quantitative estimate of drug-likeness (QED) is 0.831. The minimum atomic E-state index is -0.159. The SMILES string of the molecule is Cc1cnc(CNC(=O)CC(N)C(C)(C)C)o1. The highest BCUT2D eigenvalue weighted by Gasteiger charge is 2.23. The highest BCUT2D eigenvalue weighted by atomic mass is 16.4. The molecule has 0 aliphatic heterocycles. The zero-order valence-electron chi connectivity index (χ0n) is 10.9. The third kappa shape index (κ3) is 4.56. The van der Waals surface area contributed by atoms with Gasteiger partial charge in [0.25, 0.3) is 0 Å². The summed E-state index contributed by atoms with van der Waals surface area (Å²) in [6, 6.07) is -0.159. The molecule has 1 aromatic rings. The smallest absolute Gasteiger partial charge is 0.222 e. The van der Waals surface area contributed by atoms with Crippen LogP contribution in [0.3, 0.4) is 0 Å². The van der Waals surface area contributed by atoms with E-state index in [-0.39, 0.29) is 17.4 Å². The summed E-state index contributed by atoms with van der Waals surface area (Å²) in [4.78, 5) is 15.6. The number of rotatable bonds is 4. The Bertz CT molecular complexity index is 379. The normalized spacial score (nSPS) is 13.5. The summed E-state index contributed by atoms with van der Waals surface area (Å²) < 4.78 is 5.25. The van der Waals surface area contributed by atoms with Crippen LogP contribution in [0.25, 0.3) is 0 Å². The number of aryl methyl sites for hydroxylation is 1. The molecule has 1 heterocycles. The molecule has 0 saturated carbocycles. The standard InChI is InChI=1S/C12H21N3O2/c1-8-6-15-11(17-8)7-14-10(16)5-9(13)12(2,3)4/h6,9H,5,7,13H2,1-4H3,(H,14,16). The topological polar surface area (TPSA) is 81.2 Å². The van der Waals surface area contributed by atoms with Crippen molar-refractivity contribution >= 4 is 5.91 Å². The molecule has 5 nitrogen and oxygen atoms in total. The molecule has 0 aliphatic carbocycles. The van der Waals surface area contributed by atoms with E-state index in [4.69, 9.17) is 10.2 Å². The van der Waals surface area contributed by atoms with Crippen LogP contribution >= 0.6 is 0 Å². The van der Waals surface area contributed by atoms with E-state index in [1.807, 2.05) is 27.7 Å². The van der Waals surface area contributed by atoms with E-state index in [9.17, 15) is 4.79 Å². The number of carbonyl (C=O) groups is 1. The monoisotopic (exact) mass is 239 g/mol. The Morgan fingerprint density at radius 1 is 1.59 bits per heavy atom. The van der Waals surface area contributed by atoms with Crippen molar-refractivity contribution in [3.8, 4) is 0 Å². The van der Waals surface area contributed by atoms with Crippen LogP contribution in [0.2, 0.25) is 0 Å². The van der Waals surface area contributed by atoms with Crippen LogP contribution in [-0.4, -0.2) is 16.9 Å². The van der Waals surface area contributed by atoms with Crippen molar-refractivity contribution in [1.82, 2.24) is 10.3 Å². The third-order valence-electron chi connectivity index (χ3n) is 2.62. The zero-order valence-corrected chi connectivity index (χ0v) is 10.9. The summed E-state index contributed by atoms with van der Waals surface area (Å²) >= 11 is 0. The van der Waals surface area contributed by atoms with Gasteiger partial charge in [0.2, 0.25) is 11.8 Å². The fourth-order valence-corrected chi connectivity index (χ4v) is 1.24. The predicted octanol–water partition coefficient (Wildman–Crippen LogP) is 1.36. The summed E-state index contributed by atoms with van der Waals surface area (Å²) in [6.07, 6.45) is 1.94. The van der Waals surface area contributed by atoms with Crippen LogP contribution < -0.4 is 11.1 Å². The highest BCUT2D eigenvalue weighted by Crippen LogP contribution is 2.19. The van der Waals surface area contributed by atoms with Crippen molar-refractivity contribution in [2.45, 2.75) is 46.7 Å². The minimum absolute atomic E-state index is 0.0726. The number of carbonyl (C=O) groups excluding carboxylic acids is 1. The average Bonchev–Trinajstić information content (AvgIpc) is 2.60. The lowest BCUT2D eigenvalue weighted by atomic mass is 9.85. The molecule has 1 amide bonds. The molecule has 1 rings (SSSR count). The summed E-state index contributed by atoms with van der Waals surface area (Å²) in [5, 5.41) is 2.74. The third-order valence-corrected chi connectivity index (χ3v) is 2.62. The molecule has 0 spiro atoms. The summed E-state index contributed by atoms with van der Waals surface area (Å²) in [7, 11) is 0. The molecule has 5 heteroatoms. The van der Waals surface area contributed by atoms with E-state index in [0.717, 1.165) is 5.76 Å². The van der Waals surface area contributed by atoms with E-state index in [0.29, 0.717) is 18.9 Å². The summed E-state index contributed by atoms with van der Waals surface area (Å²) in [5.41, 5.74) is 5.85. The minimum Gasteiger partial charge on any atom is -0.444 e. The van der Waals surface area contributed by atoms with Gasteiger partial charge in [-0.15, -0.1) is 0 Å². The highest BCUT2D eigenvalue weighted by molar-refractivity contribution is 5.76. The second-order valence-corrected chi connectivity index (χ2v) is 5.32. The van der Waals surface area contributed by atoms with Crippen molar-refractivity contribution in [1.29, 1.82) is 0 Å². The van der Waals surface area contributed by atoms with Crippen LogP contribution in [0, 0.1) is 12.3 Å². The molecular formula is C12H21N3O2. The van der Waals surface area contributed by atoms with Crippen LogP contribution in [0.4, 0.5) is 0 Å². The predicted molar refractivity (Wildman–Crippen MR) is 65.1 cm³/mol. The Labute approximate surface area is 102 Å². The second-order valence-electron chi connectivity index (χ2n) is 5.32. The number of aromatic nitrogens is 1. The van der Waals surface area contributed by atoms with Crippen molar-refractivity contribution < 1.29 is 9.21 Å². The van der Waals surface area contributed by atoms with E-state index in [2.05, 4.69) is 10.3 Å². The van der Waals surface area contributed by atoms with Crippen molar-refractivity contribution in [2.75, 3.05) is 0 Å². The molecule has 0 saturated heterocycles. The number of nitrogens with zero attached hydrogens (tertiary/aromatic N) is 1. The first kappa shape index (κ1) is 13.7. The fraction of sp³-hybridized carbons (Fsp3) is 0.667. The van der Waals surface area contributed by atoms with Crippen LogP contribution in [0.5, 0.6) is 0 Å². The van der Waals surface area contributed by atoms with Gasteiger partial charge < -0.3 is 15.5 Å². The van der Waals surface area contributed by atoms with Gasteiger partial charge in [-0.25, -0.2) is 4.98 Å². The number of nitrogens with one attached hydrogen (secondary N) is 1. The molecular weight excluding hydrogens is 218 g/mol. The first-order valence-corrected chi connectivity index (χ1v) is 5.72. The van der Waals surface area contributed by atoms with Gasteiger partial charge in [0.15, 0.2) is 0 Å². The maximum atomic E-state index is 11.6. The Hall–Kier alpha value is -1.36. The number of amides is 1. The van der Waals surface area contributed by atoms with Gasteiger partial charge in [0.1, 0.15) is 5.76 Å². The van der Waals surface area contributed by atoms with E-state index >= 15 is 0 Å². The number of oxazole rings is 1. The zero-order chi connectivity index (χ0) is 13.1. The van der Waals surface area contributed by atoms with Crippen molar-refractivity contribution in [3.63, 3.8) is 0 Å². The molecule has 1 atom stereocenters. The summed E-state index contributed by atoms with van der Waals surface area (Å²) in [6.45, 7) is 8.17. The van der Waals surface area contributed by atoms with Gasteiger partial charge in [-0.05, 0) is 12.3 Å². The maximum absolute atomic E-state index is 11.6. The molecule has 96 valence electrons. The Balaban J connectivity index is 2.36. The first-order chi connectivity index (χ1) is 7.79. The Kier molecular flexibility index (Phi) is 4.28. The van der Waals surface area contributed by atoms with Gasteiger partial charge in [0, 0.05) is 12.5 Å². The largest absolute Gasteiger partial charge is 0.444 e. The number of nitrogens with two attached hydrogens (primary N) is 1. The molecule has 1 aromatic heterocycles. The van der Waals surface area contributed by atoms with Crippen molar-refractivity contribution in [2.24, 2.45) is 11.1 Å². The van der Waals surface area contributed by atoms with Crippen LogP contribution in [0.15, 0.2) is 10.6 Å². The lowest BCUT2D eigenvalue weighted by Crippen LogP contribution is -2.40. The van der Waals surface area contributed by atoms with E-state index < -0.39 is 0 Å². The molecule has 0 aromatic carbocycles. The number of hydrogen-bond donors (Lipinski definition) is 2. The maximum Gasteiger partial charge on any atom is 0.222 e. The molecule has 0 aliphatic rings. The molecule has 0 fully saturated rings. The molecule has 17 heavy (non-hydrogen) atoms. The Morgan fingerprint density at radius 2 is 2.24 bits per heavy atom. The average molecular weight is 239 g/mol. The van der Waals surface area contributed by atoms with E-state index in [1.165, 1.54) is 0 Å². The summed E-state index contributed by atoms with van der Waals surface area (Å²) in [5.74, 6) is 1.17. The Morgan fingerprint density at radius 3 is 2.71 bits per heavy atom. The molecule has 0 radical (unpaired) electrons. The van der Waals surface area contributed by atoms with Gasteiger partial charge in [-0.1, -0.05) is 20.8 Å². The lowest BCUT2D eigenvalue weighted by Gasteiger charge is -2.26. The van der Waals surface area contributed by atoms with Crippen LogP contribution in [0.1, 0.15) is 38.8 Å². The molecule has 0 bridgehead atoms. The van der Waals surface area contributed by atoms with Crippen LogP contribution in [-0.2, 0) is 11.3 Å². The van der Waals surface area contributed by atoms with Gasteiger partial charge in [-0.3, -0.25) is 4.79 Å². The second kappa shape index (κ2) is 5.31. The first-order valence-electron chi connectivity index (χ1n) is 5.72. The molecule has 1 unspecified atom stereocenters. The van der Waals surface area contributed by atoms with Gasteiger partial charge in [-0.2, -0.15) is 0 Å². The van der Waals surface area contributed by atoms with E-state index in [1.54, 1.807) is 6.20 Å². The lowest BCUT2D eigenvalue weighted by molar-refractivity contribution is -0.122. The number of hydrogen-bond acceptors (Lipinski definition) is 4. The molecule has 3 N–H and O–H groups in total. The fourth-order valence-electron chi connectivity index (χ4n) is 1.24. The van der Waals surface area contributed by atoms with Gasteiger partial charge >= 0.3 is 0 Å².